The maximum Gasteiger partial charge on any atom is 0.221 e. The zero-order valence-electron chi connectivity index (χ0n) is 15.4. The maximum absolute atomic E-state index is 6.25. The molecule has 3 rings (SSSR count). The van der Waals surface area contributed by atoms with E-state index in [2.05, 4.69) is 64.4 Å². The third-order valence-corrected chi connectivity index (χ3v) is 4.40. The number of hydrogen-bond acceptors (Lipinski definition) is 5. The molecule has 1 fully saturated rings. The molecule has 1 unspecified atom stereocenters. The van der Waals surface area contributed by atoms with Crippen LogP contribution in [0.5, 0.6) is 5.88 Å². The highest BCUT2D eigenvalue weighted by Gasteiger charge is 2.25. The minimum Gasteiger partial charge on any atom is -0.473 e. The van der Waals surface area contributed by atoms with E-state index in [1.165, 1.54) is 5.56 Å². The highest BCUT2D eigenvalue weighted by atomic mass is 16.5. The molecule has 2 aromatic rings. The van der Waals surface area contributed by atoms with Crippen molar-refractivity contribution in [3.05, 3.63) is 53.5 Å². The molecule has 1 N–H and O–H groups in total. The van der Waals surface area contributed by atoms with E-state index in [9.17, 15) is 0 Å². The summed E-state index contributed by atoms with van der Waals surface area (Å²) in [6.45, 7) is 9.88. The van der Waals surface area contributed by atoms with Crippen LogP contribution in [0.3, 0.4) is 0 Å². The molecule has 25 heavy (non-hydrogen) atoms. The van der Waals surface area contributed by atoms with Crippen molar-refractivity contribution in [1.82, 2.24) is 20.2 Å². The molecule has 134 valence electrons. The molecule has 2 heterocycles. The van der Waals surface area contributed by atoms with Crippen LogP contribution >= 0.6 is 0 Å². The van der Waals surface area contributed by atoms with Crippen molar-refractivity contribution in [2.24, 2.45) is 0 Å². The predicted octanol–water partition coefficient (Wildman–Crippen LogP) is 2.94. The van der Waals surface area contributed by atoms with Gasteiger partial charge in [-0.1, -0.05) is 44.2 Å². The fourth-order valence-corrected chi connectivity index (χ4v) is 3.05. The number of rotatable bonds is 7. The molecule has 0 aliphatic carbocycles. The fraction of sp³-hybridized carbons (Fsp3) is 0.500. The molecule has 0 amide bonds. The Labute approximate surface area is 150 Å². The first-order chi connectivity index (χ1) is 12.1. The van der Waals surface area contributed by atoms with Gasteiger partial charge in [-0.05, 0) is 18.9 Å². The number of ether oxygens (including phenoxy) is 1. The molecule has 0 saturated carbocycles. The monoisotopic (exact) mass is 340 g/mol. The molecule has 0 bridgehead atoms. The van der Waals surface area contributed by atoms with Crippen molar-refractivity contribution >= 4 is 0 Å². The van der Waals surface area contributed by atoms with Crippen LogP contribution in [0.1, 0.15) is 37.2 Å². The standard InChI is InChI=1S/C20H28N4O/c1-15(2)21-11-18-12-22-16(3)23-20(18)25-19-9-10-24(14-19)13-17-7-5-4-6-8-17/h4-8,12,15,19,21H,9-11,13-14H2,1-3H3. The SMILES string of the molecule is Cc1ncc(CNC(C)C)c(OC2CCN(Cc3ccccc3)C2)n1. The lowest BCUT2D eigenvalue weighted by atomic mass is 10.2. The van der Waals surface area contributed by atoms with E-state index in [-0.39, 0.29) is 6.10 Å². The average molecular weight is 340 g/mol. The van der Waals surface area contributed by atoms with Gasteiger partial charge in [-0.2, -0.15) is 4.98 Å². The molecule has 0 radical (unpaired) electrons. The largest absolute Gasteiger partial charge is 0.473 e. The zero-order valence-corrected chi connectivity index (χ0v) is 15.4. The van der Waals surface area contributed by atoms with Gasteiger partial charge in [0, 0.05) is 44.0 Å². The van der Waals surface area contributed by atoms with Gasteiger partial charge in [0.05, 0.1) is 0 Å². The normalized spacial score (nSPS) is 18.0. The van der Waals surface area contributed by atoms with Gasteiger partial charge in [-0.15, -0.1) is 0 Å². The summed E-state index contributed by atoms with van der Waals surface area (Å²) < 4.78 is 6.25. The molecule has 1 atom stereocenters. The summed E-state index contributed by atoms with van der Waals surface area (Å²) in [5.74, 6) is 1.48. The predicted molar refractivity (Wildman–Crippen MR) is 99.5 cm³/mol. The van der Waals surface area contributed by atoms with Crippen LogP contribution in [-0.4, -0.2) is 40.1 Å². The second-order valence-corrected chi connectivity index (χ2v) is 7.03. The van der Waals surface area contributed by atoms with Gasteiger partial charge in [-0.3, -0.25) is 4.90 Å². The van der Waals surface area contributed by atoms with Crippen LogP contribution in [0.4, 0.5) is 0 Å². The van der Waals surface area contributed by atoms with Crippen molar-refractivity contribution in [2.75, 3.05) is 13.1 Å². The topological polar surface area (TPSA) is 50.3 Å². The van der Waals surface area contributed by atoms with E-state index in [0.29, 0.717) is 6.04 Å². The highest BCUT2D eigenvalue weighted by Crippen LogP contribution is 2.21. The number of hydrogen-bond donors (Lipinski definition) is 1. The number of aryl methyl sites for hydroxylation is 1. The highest BCUT2D eigenvalue weighted by molar-refractivity contribution is 5.24. The van der Waals surface area contributed by atoms with Gasteiger partial charge >= 0.3 is 0 Å². The van der Waals surface area contributed by atoms with Crippen molar-refractivity contribution in [1.29, 1.82) is 0 Å². The summed E-state index contributed by atoms with van der Waals surface area (Å²) in [4.78, 5) is 11.3. The van der Waals surface area contributed by atoms with Crippen molar-refractivity contribution in [3.63, 3.8) is 0 Å². The van der Waals surface area contributed by atoms with Gasteiger partial charge in [0.2, 0.25) is 5.88 Å². The number of likely N-dealkylation sites (tertiary alicyclic amines) is 1. The van der Waals surface area contributed by atoms with E-state index in [1.54, 1.807) is 0 Å². The number of nitrogens with zero attached hydrogens (tertiary/aromatic N) is 3. The van der Waals surface area contributed by atoms with Crippen LogP contribution in [0, 0.1) is 6.92 Å². The summed E-state index contributed by atoms with van der Waals surface area (Å²) in [5, 5.41) is 3.42. The number of nitrogens with one attached hydrogen (secondary N) is 1. The Morgan fingerprint density at radius 3 is 2.84 bits per heavy atom. The first-order valence-electron chi connectivity index (χ1n) is 9.09. The van der Waals surface area contributed by atoms with Gasteiger partial charge in [0.25, 0.3) is 0 Å². The number of aromatic nitrogens is 2. The van der Waals surface area contributed by atoms with Gasteiger partial charge in [0.15, 0.2) is 0 Å². The Balaban J connectivity index is 1.60. The summed E-state index contributed by atoms with van der Waals surface area (Å²) >= 11 is 0. The second kappa shape index (κ2) is 8.41. The van der Waals surface area contributed by atoms with Gasteiger partial charge < -0.3 is 10.1 Å². The third-order valence-electron chi connectivity index (χ3n) is 4.40. The molecule has 5 heteroatoms. The molecule has 1 saturated heterocycles. The van der Waals surface area contributed by atoms with Crippen LogP contribution in [-0.2, 0) is 13.1 Å². The van der Waals surface area contributed by atoms with Gasteiger partial charge in [-0.25, -0.2) is 4.98 Å². The minimum atomic E-state index is 0.191. The lowest BCUT2D eigenvalue weighted by Gasteiger charge is -2.18. The summed E-state index contributed by atoms with van der Waals surface area (Å²) in [7, 11) is 0. The Morgan fingerprint density at radius 1 is 1.28 bits per heavy atom. The Morgan fingerprint density at radius 2 is 2.08 bits per heavy atom. The lowest BCUT2D eigenvalue weighted by molar-refractivity contribution is 0.188. The second-order valence-electron chi connectivity index (χ2n) is 7.03. The molecular formula is C20H28N4O. The van der Waals surface area contributed by atoms with E-state index in [4.69, 9.17) is 4.74 Å². The molecule has 1 aliphatic heterocycles. The first-order valence-corrected chi connectivity index (χ1v) is 9.09. The van der Waals surface area contributed by atoms with E-state index < -0.39 is 0 Å². The van der Waals surface area contributed by atoms with Crippen molar-refractivity contribution in [3.8, 4) is 5.88 Å². The molecule has 1 aliphatic rings. The van der Waals surface area contributed by atoms with Crippen LogP contribution < -0.4 is 10.1 Å². The smallest absolute Gasteiger partial charge is 0.221 e. The number of benzene rings is 1. The van der Waals surface area contributed by atoms with Crippen LogP contribution in [0.2, 0.25) is 0 Å². The van der Waals surface area contributed by atoms with Gasteiger partial charge in [0.1, 0.15) is 11.9 Å². The fourth-order valence-electron chi connectivity index (χ4n) is 3.05. The Bertz CT molecular complexity index is 675. The third kappa shape index (κ3) is 5.25. The molecule has 1 aromatic carbocycles. The van der Waals surface area contributed by atoms with E-state index in [0.717, 1.165) is 49.9 Å². The maximum atomic E-state index is 6.25. The molecule has 1 aromatic heterocycles. The summed E-state index contributed by atoms with van der Waals surface area (Å²) in [6.07, 6.45) is 3.10. The van der Waals surface area contributed by atoms with Crippen molar-refractivity contribution in [2.45, 2.75) is 52.4 Å². The van der Waals surface area contributed by atoms with Crippen molar-refractivity contribution < 1.29 is 4.74 Å². The quantitative estimate of drug-likeness (QED) is 0.840. The Kier molecular flexibility index (Phi) is 6.00. The molecular weight excluding hydrogens is 312 g/mol. The first kappa shape index (κ1) is 17.8. The van der Waals surface area contributed by atoms with E-state index in [1.807, 2.05) is 13.1 Å². The lowest BCUT2D eigenvalue weighted by Crippen LogP contribution is -2.26. The van der Waals surface area contributed by atoms with E-state index >= 15 is 0 Å². The van der Waals surface area contributed by atoms with Crippen LogP contribution in [0.15, 0.2) is 36.5 Å². The Hall–Kier alpha value is -1.98. The minimum absolute atomic E-state index is 0.191. The summed E-state index contributed by atoms with van der Waals surface area (Å²) in [5.41, 5.74) is 2.38. The zero-order chi connectivity index (χ0) is 17.6. The average Bonchev–Trinajstić information content (AvgIpc) is 3.02. The summed E-state index contributed by atoms with van der Waals surface area (Å²) in [6, 6.07) is 11.0. The molecule has 0 spiro atoms. The molecule has 5 nitrogen and oxygen atoms in total. The van der Waals surface area contributed by atoms with Crippen LogP contribution in [0.25, 0.3) is 0 Å².